The first-order valence-corrected chi connectivity index (χ1v) is 10.4. The molecule has 0 atom stereocenters. The molecule has 0 bridgehead atoms. The summed E-state index contributed by atoms with van der Waals surface area (Å²) in [5.41, 5.74) is 1.46. The molecule has 1 saturated heterocycles. The van der Waals surface area contributed by atoms with E-state index in [4.69, 9.17) is 0 Å². The topological polar surface area (TPSA) is 80.6 Å². The Kier molecular flexibility index (Phi) is 5.98. The second-order valence-corrected chi connectivity index (χ2v) is 8.43. The van der Waals surface area contributed by atoms with E-state index in [1.165, 1.54) is 29.4 Å². The van der Waals surface area contributed by atoms with Crippen LogP contribution in [-0.2, 0) is 28.4 Å². The fourth-order valence-electron chi connectivity index (χ4n) is 3.40. The number of esters is 1. The summed E-state index contributed by atoms with van der Waals surface area (Å²) in [5, 5.41) is 0.0645. The van der Waals surface area contributed by atoms with Crippen LogP contribution in [0.3, 0.4) is 0 Å². The molecule has 0 amide bonds. The minimum atomic E-state index is -3.70. The fourth-order valence-corrected chi connectivity index (χ4v) is 4.90. The van der Waals surface area contributed by atoms with Crippen LogP contribution in [0, 0.1) is 0 Å². The number of piperidine rings is 1. The van der Waals surface area contributed by atoms with Gasteiger partial charge in [-0.25, -0.2) is 17.9 Å². The standard InChI is InChI=1S/C19H25N3O4S/c1-21-17(19(23)26-2)8-9-18(21)27(24,25)20-16-10-12-22(13-11-16)14-15-6-4-3-5-7-15/h3-9,16,20H,10-14H2,1-2H3. The molecule has 0 unspecified atom stereocenters. The zero-order valence-corrected chi connectivity index (χ0v) is 16.4. The van der Waals surface area contributed by atoms with Crippen LogP contribution in [-0.4, -0.2) is 50.1 Å². The molecule has 146 valence electrons. The summed E-state index contributed by atoms with van der Waals surface area (Å²) < 4.78 is 34.2. The Hall–Kier alpha value is -2.16. The SMILES string of the molecule is COC(=O)c1ccc(S(=O)(=O)NC2CCN(Cc3ccccc3)CC2)n1C. The molecular formula is C19H25N3O4S. The number of sulfonamides is 1. The van der Waals surface area contributed by atoms with E-state index in [1.807, 2.05) is 18.2 Å². The molecule has 0 radical (unpaired) electrons. The van der Waals surface area contributed by atoms with Crippen LogP contribution in [0.25, 0.3) is 0 Å². The highest BCUT2D eigenvalue weighted by Gasteiger charge is 2.27. The highest BCUT2D eigenvalue weighted by atomic mass is 32.2. The third kappa shape index (κ3) is 4.58. The van der Waals surface area contributed by atoms with Gasteiger partial charge < -0.3 is 9.30 Å². The van der Waals surface area contributed by atoms with Crippen molar-refractivity contribution in [2.45, 2.75) is 30.5 Å². The zero-order chi connectivity index (χ0) is 19.4. The Balaban J connectivity index is 1.60. The molecule has 1 aliphatic rings. The summed E-state index contributed by atoms with van der Waals surface area (Å²) >= 11 is 0. The molecule has 2 heterocycles. The number of carbonyl (C=O) groups is 1. The maximum absolute atomic E-state index is 12.7. The molecule has 0 aliphatic carbocycles. The number of benzene rings is 1. The molecule has 1 aliphatic heterocycles. The number of nitrogens with one attached hydrogen (secondary N) is 1. The van der Waals surface area contributed by atoms with Crippen molar-refractivity contribution in [3.8, 4) is 0 Å². The third-order valence-corrected chi connectivity index (χ3v) is 6.51. The van der Waals surface area contributed by atoms with Gasteiger partial charge in [-0.3, -0.25) is 4.90 Å². The molecule has 0 saturated carbocycles. The van der Waals surface area contributed by atoms with Crippen LogP contribution in [0.4, 0.5) is 0 Å². The van der Waals surface area contributed by atoms with Gasteiger partial charge in [0.2, 0.25) is 0 Å². The average molecular weight is 391 g/mol. The first kappa shape index (κ1) is 19.6. The summed E-state index contributed by atoms with van der Waals surface area (Å²) in [6.45, 7) is 2.55. The van der Waals surface area contributed by atoms with Gasteiger partial charge in [0.1, 0.15) is 5.69 Å². The van der Waals surface area contributed by atoms with Crippen molar-refractivity contribution in [2.75, 3.05) is 20.2 Å². The van der Waals surface area contributed by atoms with Crippen molar-refractivity contribution >= 4 is 16.0 Å². The molecule has 27 heavy (non-hydrogen) atoms. The minimum absolute atomic E-state index is 0.0645. The van der Waals surface area contributed by atoms with Crippen LogP contribution < -0.4 is 4.72 Å². The number of hydrogen-bond donors (Lipinski definition) is 1. The fraction of sp³-hybridized carbons (Fsp3) is 0.421. The Bertz CT molecular complexity index is 885. The van der Waals surface area contributed by atoms with E-state index in [1.54, 1.807) is 7.05 Å². The zero-order valence-electron chi connectivity index (χ0n) is 15.6. The smallest absolute Gasteiger partial charge is 0.354 e. The monoisotopic (exact) mass is 391 g/mol. The number of nitrogens with zero attached hydrogens (tertiary/aromatic N) is 2. The number of likely N-dealkylation sites (tertiary alicyclic amines) is 1. The molecule has 7 nitrogen and oxygen atoms in total. The van der Waals surface area contributed by atoms with Crippen molar-refractivity contribution in [1.82, 2.24) is 14.2 Å². The van der Waals surface area contributed by atoms with E-state index in [2.05, 4.69) is 26.5 Å². The molecule has 1 aromatic heterocycles. The van der Waals surface area contributed by atoms with Crippen LogP contribution >= 0.6 is 0 Å². The maximum atomic E-state index is 12.7. The summed E-state index contributed by atoms with van der Waals surface area (Å²) in [5.74, 6) is -0.562. The van der Waals surface area contributed by atoms with Crippen molar-refractivity contribution < 1.29 is 17.9 Å². The number of rotatable bonds is 6. The van der Waals surface area contributed by atoms with Crippen LogP contribution in [0.5, 0.6) is 0 Å². The first-order valence-electron chi connectivity index (χ1n) is 8.93. The van der Waals surface area contributed by atoms with Gasteiger partial charge in [0.15, 0.2) is 5.03 Å². The summed E-state index contributed by atoms with van der Waals surface area (Å²) in [6.07, 6.45) is 1.50. The summed E-state index contributed by atoms with van der Waals surface area (Å²) in [4.78, 5) is 14.0. The van der Waals surface area contributed by atoms with E-state index in [0.29, 0.717) is 0 Å². The molecular weight excluding hydrogens is 366 g/mol. The number of aromatic nitrogens is 1. The van der Waals surface area contributed by atoms with Gasteiger partial charge in [0.05, 0.1) is 7.11 Å². The number of carbonyl (C=O) groups excluding carboxylic acids is 1. The van der Waals surface area contributed by atoms with Gasteiger partial charge in [-0.15, -0.1) is 0 Å². The molecule has 8 heteroatoms. The van der Waals surface area contributed by atoms with Gasteiger partial charge in [-0.2, -0.15) is 0 Å². The molecule has 1 N–H and O–H groups in total. The highest BCUT2D eigenvalue weighted by Crippen LogP contribution is 2.18. The van der Waals surface area contributed by atoms with Crippen LogP contribution in [0.2, 0.25) is 0 Å². The number of ether oxygens (including phenoxy) is 1. The number of hydrogen-bond acceptors (Lipinski definition) is 5. The molecule has 2 aromatic rings. The first-order chi connectivity index (χ1) is 12.9. The van der Waals surface area contributed by atoms with E-state index < -0.39 is 16.0 Å². The predicted molar refractivity (Wildman–Crippen MR) is 102 cm³/mol. The number of methoxy groups -OCH3 is 1. The lowest BCUT2D eigenvalue weighted by Crippen LogP contribution is -2.44. The predicted octanol–water partition coefficient (Wildman–Crippen LogP) is 1.75. The van der Waals surface area contributed by atoms with Crippen LogP contribution in [0.15, 0.2) is 47.5 Å². The molecule has 1 aromatic carbocycles. The van der Waals surface area contributed by atoms with E-state index in [-0.39, 0.29) is 16.8 Å². The van der Waals surface area contributed by atoms with E-state index >= 15 is 0 Å². The van der Waals surface area contributed by atoms with Crippen molar-refractivity contribution in [2.24, 2.45) is 7.05 Å². The minimum Gasteiger partial charge on any atom is -0.464 e. The van der Waals surface area contributed by atoms with Gasteiger partial charge in [-0.05, 0) is 30.5 Å². The van der Waals surface area contributed by atoms with Gasteiger partial charge in [0, 0.05) is 32.7 Å². The normalized spacial score (nSPS) is 16.4. The lowest BCUT2D eigenvalue weighted by Gasteiger charge is -2.32. The lowest BCUT2D eigenvalue weighted by molar-refractivity contribution is 0.0589. The second kappa shape index (κ2) is 8.24. The Labute approximate surface area is 160 Å². The molecule has 3 rings (SSSR count). The van der Waals surface area contributed by atoms with E-state index in [9.17, 15) is 13.2 Å². The summed E-state index contributed by atoms with van der Waals surface area (Å²) in [7, 11) is -0.887. The van der Waals surface area contributed by atoms with Gasteiger partial charge in [0.25, 0.3) is 10.0 Å². The third-order valence-electron chi connectivity index (χ3n) is 4.90. The van der Waals surface area contributed by atoms with Gasteiger partial charge >= 0.3 is 5.97 Å². The molecule has 1 fully saturated rings. The Morgan fingerprint density at radius 1 is 1.15 bits per heavy atom. The summed E-state index contributed by atoms with van der Waals surface area (Å²) in [6, 6.07) is 13.0. The molecule has 0 spiro atoms. The highest BCUT2D eigenvalue weighted by molar-refractivity contribution is 7.89. The quantitative estimate of drug-likeness (QED) is 0.759. The van der Waals surface area contributed by atoms with Crippen molar-refractivity contribution in [3.63, 3.8) is 0 Å². The average Bonchev–Trinajstić information content (AvgIpc) is 3.06. The second-order valence-electron chi connectivity index (χ2n) is 6.76. The van der Waals surface area contributed by atoms with Crippen molar-refractivity contribution in [3.05, 3.63) is 53.7 Å². The van der Waals surface area contributed by atoms with Gasteiger partial charge in [-0.1, -0.05) is 30.3 Å². The Morgan fingerprint density at radius 2 is 1.81 bits per heavy atom. The van der Waals surface area contributed by atoms with E-state index in [0.717, 1.165) is 32.5 Å². The Morgan fingerprint density at radius 3 is 2.44 bits per heavy atom. The van der Waals surface area contributed by atoms with Crippen molar-refractivity contribution in [1.29, 1.82) is 0 Å². The lowest BCUT2D eigenvalue weighted by atomic mass is 10.1. The van der Waals surface area contributed by atoms with Crippen LogP contribution in [0.1, 0.15) is 28.9 Å². The maximum Gasteiger partial charge on any atom is 0.354 e. The largest absolute Gasteiger partial charge is 0.464 e.